The maximum atomic E-state index is 12.7. The van der Waals surface area contributed by atoms with Gasteiger partial charge in [0.1, 0.15) is 19.2 Å². The SMILES string of the molecule is C[C@@H]1CC(=Cc2ccccc2)C[N+]1(C(=O)O)C(=O)OCc1ccccc1. The Balaban J connectivity index is 1.80. The summed E-state index contributed by atoms with van der Waals surface area (Å²) >= 11 is 0. The van der Waals surface area contributed by atoms with E-state index < -0.39 is 16.7 Å². The lowest BCUT2D eigenvalue weighted by Crippen LogP contribution is -2.58. The Hall–Kier alpha value is -2.92. The summed E-state index contributed by atoms with van der Waals surface area (Å²) < 4.78 is 4.65. The topological polar surface area (TPSA) is 63.6 Å². The van der Waals surface area contributed by atoms with E-state index in [1.807, 2.05) is 66.7 Å². The van der Waals surface area contributed by atoms with Crippen molar-refractivity contribution in [3.05, 3.63) is 77.4 Å². The lowest BCUT2D eigenvalue weighted by Gasteiger charge is -2.27. The monoisotopic (exact) mass is 352 g/mol. The molecule has 1 aliphatic heterocycles. The molecule has 3 rings (SSSR count). The number of carboxylic acid groups (broad SMARTS) is 1. The molecule has 1 unspecified atom stereocenters. The largest absolute Gasteiger partial charge is 0.527 e. The van der Waals surface area contributed by atoms with E-state index in [1.54, 1.807) is 6.92 Å². The summed E-state index contributed by atoms with van der Waals surface area (Å²) in [6, 6.07) is 18.6. The van der Waals surface area contributed by atoms with Crippen molar-refractivity contribution >= 4 is 18.3 Å². The van der Waals surface area contributed by atoms with E-state index in [0.717, 1.165) is 16.7 Å². The molecule has 1 N–H and O–H groups in total. The second-order valence-electron chi connectivity index (χ2n) is 6.62. The van der Waals surface area contributed by atoms with E-state index in [1.165, 1.54) is 0 Å². The molecular weight excluding hydrogens is 330 g/mol. The number of benzene rings is 2. The van der Waals surface area contributed by atoms with Crippen molar-refractivity contribution in [2.45, 2.75) is 26.0 Å². The smallest absolute Gasteiger partial charge is 0.435 e. The van der Waals surface area contributed by atoms with Crippen LogP contribution in [0.3, 0.4) is 0 Å². The van der Waals surface area contributed by atoms with E-state index in [2.05, 4.69) is 0 Å². The minimum absolute atomic E-state index is 0.0669. The van der Waals surface area contributed by atoms with Gasteiger partial charge in [-0.3, -0.25) is 0 Å². The molecule has 134 valence electrons. The number of ether oxygens (including phenoxy) is 1. The third kappa shape index (κ3) is 3.53. The fraction of sp³-hybridized carbons (Fsp3) is 0.238. The van der Waals surface area contributed by atoms with Gasteiger partial charge in [0.25, 0.3) is 0 Å². The van der Waals surface area contributed by atoms with Crippen molar-refractivity contribution in [3.63, 3.8) is 0 Å². The molecule has 0 aromatic heterocycles. The van der Waals surface area contributed by atoms with Crippen molar-refractivity contribution in [1.29, 1.82) is 0 Å². The number of imide groups is 1. The van der Waals surface area contributed by atoms with Crippen LogP contribution < -0.4 is 0 Å². The molecule has 0 radical (unpaired) electrons. The zero-order valence-electron chi connectivity index (χ0n) is 14.7. The predicted molar refractivity (Wildman–Crippen MR) is 98.3 cm³/mol. The van der Waals surface area contributed by atoms with Crippen LogP contribution in [0.25, 0.3) is 6.08 Å². The molecule has 2 aromatic carbocycles. The van der Waals surface area contributed by atoms with Gasteiger partial charge in [-0.05, 0) is 29.7 Å². The molecule has 26 heavy (non-hydrogen) atoms. The Morgan fingerprint density at radius 1 is 1.12 bits per heavy atom. The number of nitrogens with zero attached hydrogens (tertiary/aromatic N) is 1. The zero-order valence-corrected chi connectivity index (χ0v) is 14.7. The molecule has 1 heterocycles. The molecule has 5 nitrogen and oxygen atoms in total. The number of carbonyl (C=O) groups is 2. The maximum Gasteiger partial charge on any atom is 0.527 e. The van der Waals surface area contributed by atoms with Crippen LogP contribution in [0.15, 0.2) is 66.2 Å². The molecule has 0 bridgehead atoms. The summed E-state index contributed by atoms with van der Waals surface area (Å²) in [6.45, 7) is 1.97. The Kier molecular flexibility index (Phi) is 5.19. The molecule has 2 atom stereocenters. The normalized spacial score (nSPS) is 23.7. The van der Waals surface area contributed by atoms with Crippen LogP contribution >= 0.6 is 0 Å². The van der Waals surface area contributed by atoms with Gasteiger partial charge in [-0.25, -0.2) is 0 Å². The van der Waals surface area contributed by atoms with Crippen molar-refractivity contribution in [1.82, 2.24) is 0 Å². The number of rotatable bonds is 3. The molecule has 1 aliphatic rings. The van der Waals surface area contributed by atoms with Gasteiger partial charge < -0.3 is 9.84 Å². The van der Waals surface area contributed by atoms with Gasteiger partial charge in [0.2, 0.25) is 0 Å². The summed E-state index contributed by atoms with van der Waals surface area (Å²) in [5.41, 5.74) is 2.76. The van der Waals surface area contributed by atoms with E-state index >= 15 is 0 Å². The molecular formula is C21H22NO4+. The first kappa shape index (κ1) is 17.9. The predicted octanol–water partition coefficient (Wildman–Crippen LogP) is 4.69. The lowest BCUT2D eigenvalue weighted by atomic mass is 10.1. The second-order valence-corrected chi connectivity index (χ2v) is 6.62. The quantitative estimate of drug-likeness (QED) is 0.814. The van der Waals surface area contributed by atoms with E-state index in [-0.39, 0.29) is 19.2 Å². The van der Waals surface area contributed by atoms with Gasteiger partial charge in [0.05, 0.1) is 0 Å². The minimum atomic E-state index is -1.17. The molecule has 2 amide bonds. The van der Waals surface area contributed by atoms with Crippen LogP contribution in [-0.2, 0) is 11.3 Å². The highest BCUT2D eigenvalue weighted by Crippen LogP contribution is 2.33. The average molecular weight is 352 g/mol. The highest BCUT2D eigenvalue weighted by molar-refractivity contribution is 5.77. The van der Waals surface area contributed by atoms with Crippen LogP contribution in [0.1, 0.15) is 24.5 Å². The van der Waals surface area contributed by atoms with Crippen LogP contribution in [0.2, 0.25) is 0 Å². The van der Waals surface area contributed by atoms with Crippen molar-refractivity contribution in [2.24, 2.45) is 0 Å². The fourth-order valence-electron chi connectivity index (χ4n) is 3.38. The van der Waals surface area contributed by atoms with Crippen molar-refractivity contribution < 1.29 is 23.9 Å². The van der Waals surface area contributed by atoms with Gasteiger partial charge >= 0.3 is 12.2 Å². The summed E-state index contributed by atoms with van der Waals surface area (Å²) in [7, 11) is 0. The Labute approximate surface area is 152 Å². The molecule has 0 spiro atoms. The second kappa shape index (κ2) is 7.54. The molecule has 1 saturated heterocycles. The Morgan fingerprint density at radius 3 is 2.35 bits per heavy atom. The molecule has 2 aromatic rings. The minimum Gasteiger partial charge on any atom is -0.435 e. The van der Waals surface area contributed by atoms with E-state index in [9.17, 15) is 14.7 Å². The Morgan fingerprint density at radius 2 is 1.73 bits per heavy atom. The number of likely N-dealkylation sites (tertiary alicyclic amines) is 1. The molecule has 0 saturated carbocycles. The van der Waals surface area contributed by atoms with Gasteiger partial charge in [-0.1, -0.05) is 60.7 Å². The first-order valence-electron chi connectivity index (χ1n) is 8.59. The molecule has 0 aliphatic carbocycles. The zero-order chi connectivity index (χ0) is 18.6. The summed E-state index contributed by atoms with van der Waals surface area (Å²) in [5.74, 6) is 0. The maximum absolute atomic E-state index is 12.7. The summed E-state index contributed by atoms with van der Waals surface area (Å²) in [5, 5.41) is 9.83. The average Bonchev–Trinajstić information content (AvgIpc) is 2.98. The lowest BCUT2D eigenvalue weighted by molar-refractivity contribution is -0.793. The highest BCUT2D eigenvalue weighted by atomic mass is 16.6. The number of hydrogen-bond acceptors (Lipinski definition) is 3. The third-order valence-electron chi connectivity index (χ3n) is 4.81. The van der Waals surface area contributed by atoms with Gasteiger partial charge in [-0.2, -0.15) is 9.59 Å². The summed E-state index contributed by atoms with van der Waals surface area (Å²) in [4.78, 5) is 24.8. The number of amides is 2. The van der Waals surface area contributed by atoms with Crippen LogP contribution in [0.5, 0.6) is 0 Å². The first-order valence-corrected chi connectivity index (χ1v) is 8.59. The van der Waals surface area contributed by atoms with Gasteiger partial charge in [-0.15, -0.1) is 4.48 Å². The van der Waals surface area contributed by atoms with Gasteiger partial charge in [0, 0.05) is 6.42 Å². The van der Waals surface area contributed by atoms with Gasteiger partial charge in [0.15, 0.2) is 0 Å². The first-order chi connectivity index (χ1) is 12.5. The number of carbonyl (C=O) groups excluding carboxylic acids is 1. The van der Waals surface area contributed by atoms with Crippen molar-refractivity contribution in [3.8, 4) is 0 Å². The van der Waals surface area contributed by atoms with Crippen LogP contribution in [0.4, 0.5) is 9.59 Å². The standard InChI is InChI=1S/C21H21NO4/c1-16-12-19(13-17-8-4-2-5-9-17)14-22(16,20(23)24)21(25)26-15-18-10-6-3-7-11-18/h2-11,13,16H,12,14-15H2,1H3/p+1/t16-,22?/m1/s1. The highest BCUT2D eigenvalue weighted by Gasteiger charge is 2.56. The molecule has 5 heteroatoms. The Bertz CT molecular complexity index is 816. The molecule has 1 fully saturated rings. The van der Waals surface area contributed by atoms with Crippen LogP contribution in [0, 0.1) is 0 Å². The number of quaternary nitrogens is 1. The van der Waals surface area contributed by atoms with E-state index in [4.69, 9.17) is 4.74 Å². The van der Waals surface area contributed by atoms with E-state index in [0.29, 0.717) is 6.42 Å². The number of hydrogen-bond donors (Lipinski definition) is 1. The summed E-state index contributed by atoms with van der Waals surface area (Å²) in [6.07, 6.45) is 0.614. The van der Waals surface area contributed by atoms with Crippen LogP contribution in [-0.4, -0.2) is 34.4 Å². The fourth-order valence-corrected chi connectivity index (χ4v) is 3.38. The third-order valence-corrected chi connectivity index (χ3v) is 4.81. The van der Waals surface area contributed by atoms with Crippen molar-refractivity contribution in [2.75, 3.05) is 6.54 Å².